The molecule has 4 aliphatic rings. The third-order valence-electron chi connectivity index (χ3n) is 6.60. The predicted octanol–water partition coefficient (Wildman–Crippen LogP) is 0.432. The van der Waals surface area contributed by atoms with Gasteiger partial charge in [0.2, 0.25) is 11.8 Å². The first-order valence-electron chi connectivity index (χ1n) is 9.78. The number of hydrogen-bond acceptors (Lipinski definition) is 5. The van der Waals surface area contributed by atoms with E-state index in [2.05, 4.69) is 22.0 Å². The second-order valence-electron chi connectivity index (χ2n) is 8.35. The summed E-state index contributed by atoms with van der Waals surface area (Å²) in [4.78, 5) is 38.0. The zero-order valence-electron chi connectivity index (χ0n) is 15.2. The van der Waals surface area contributed by atoms with E-state index in [0.717, 1.165) is 24.2 Å². The van der Waals surface area contributed by atoms with Crippen LogP contribution in [0, 0.1) is 0 Å². The van der Waals surface area contributed by atoms with Crippen LogP contribution in [-0.2, 0) is 22.7 Å². The van der Waals surface area contributed by atoms with Gasteiger partial charge in [-0.3, -0.25) is 19.7 Å². The lowest BCUT2D eigenvalue weighted by Gasteiger charge is -2.29. The van der Waals surface area contributed by atoms with Crippen molar-refractivity contribution in [2.24, 2.45) is 0 Å². The lowest BCUT2D eigenvalue weighted by Crippen LogP contribution is -2.52. The average molecular weight is 368 g/mol. The molecule has 1 aromatic carbocycles. The molecule has 3 unspecified atom stereocenters. The summed E-state index contributed by atoms with van der Waals surface area (Å²) in [6, 6.07) is 6.13. The van der Waals surface area contributed by atoms with Gasteiger partial charge in [0.1, 0.15) is 6.04 Å². The van der Waals surface area contributed by atoms with Crippen molar-refractivity contribution in [3.8, 4) is 0 Å². The Labute approximate surface area is 157 Å². The second kappa shape index (κ2) is 6.14. The number of fused-ring (bicyclic) bond motifs is 3. The van der Waals surface area contributed by atoms with Gasteiger partial charge in [-0.05, 0) is 42.9 Å². The summed E-state index contributed by atoms with van der Waals surface area (Å²) in [6.07, 6.45) is 4.30. The minimum atomic E-state index is -0.553. The number of carbonyl (C=O) groups excluding carboxylic acids is 3. The molecule has 27 heavy (non-hydrogen) atoms. The third-order valence-corrected chi connectivity index (χ3v) is 6.60. The third kappa shape index (κ3) is 2.85. The van der Waals surface area contributed by atoms with Crippen molar-refractivity contribution in [3.63, 3.8) is 0 Å². The van der Waals surface area contributed by atoms with Gasteiger partial charge in [-0.25, -0.2) is 0 Å². The van der Waals surface area contributed by atoms with Crippen molar-refractivity contribution < 1.29 is 14.4 Å². The Bertz CT molecular complexity index is 829. The number of nitrogens with zero attached hydrogens (tertiary/aromatic N) is 1. The highest BCUT2D eigenvalue weighted by atomic mass is 16.2. The molecule has 7 heteroatoms. The topological polar surface area (TPSA) is 90.5 Å². The van der Waals surface area contributed by atoms with E-state index in [9.17, 15) is 14.4 Å². The first-order chi connectivity index (χ1) is 13.0. The van der Waals surface area contributed by atoms with Crippen molar-refractivity contribution in [3.05, 3.63) is 34.9 Å². The molecule has 7 nitrogen and oxygen atoms in total. The highest BCUT2D eigenvalue weighted by molar-refractivity contribution is 6.05. The van der Waals surface area contributed by atoms with Gasteiger partial charge in [-0.15, -0.1) is 0 Å². The average Bonchev–Trinajstić information content (AvgIpc) is 3.34. The normalized spacial score (nSPS) is 32.1. The Morgan fingerprint density at radius 1 is 1.22 bits per heavy atom. The van der Waals surface area contributed by atoms with Gasteiger partial charge in [0.15, 0.2) is 0 Å². The van der Waals surface area contributed by atoms with E-state index in [4.69, 9.17) is 0 Å². The number of rotatable bonds is 4. The molecule has 3 atom stereocenters. The van der Waals surface area contributed by atoms with Crippen molar-refractivity contribution in [2.75, 3.05) is 6.54 Å². The van der Waals surface area contributed by atoms with Crippen molar-refractivity contribution >= 4 is 17.7 Å². The summed E-state index contributed by atoms with van der Waals surface area (Å²) in [7, 11) is 0. The Morgan fingerprint density at radius 2 is 2.11 bits per heavy atom. The number of imide groups is 1. The SMILES string of the molecule is O=C1CCC(N2Cc3ccc(CNC45CCC(C4)NC5)cc3C2=O)C(=O)N1. The standard InChI is InChI=1S/C20H24N4O3/c25-17-4-3-16(18(26)23-17)24-10-13-2-1-12(7-15(13)19(24)27)9-22-20-6-5-14(8-20)21-11-20/h1-2,7,14,16,21-22H,3-6,8-11H2,(H,23,25,26). The van der Waals surface area contributed by atoms with E-state index >= 15 is 0 Å². The molecule has 3 amide bonds. The van der Waals surface area contributed by atoms with Gasteiger partial charge < -0.3 is 15.5 Å². The molecule has 1 saturated carbocycles. The zero-order chi connectivity index (χ0) is 18.6. The molecule has 5 rings (SSSR count). The first-order valence-corrected chi connectivity index (χ1v) is 9.78. The van der Waals surface area contributed by atoms with Gasteiger partial charge in [-0.2, -0.15) is 0 Å². The molecular formula is C20H24N4O3. The van der Waals surface area contributed by atoms with Crippen LogP contribution in [0.25, 0.3) is 0 Å². The largest absolute Gasteiger partial charge is 0.322 e. The minimum absolute atomic E-state index is 0.108. The maximum absolute atomic E-state index is 12.9. The fourth-order valence-corrected chi connectivity index (χ4v) is 5.03. The number of piperidine rings is 2. The Hall–Kier alpha value is -2.25. The van der Waals surface area contributed by atoms with E-state index in [1.807, 2.05) is 12.1 Å². The predicted molar refractivity (Wildman–Crippen MR) is 97.7 cm³/mol. The van der Waals surface area contributed by atoms with E-state index in [1.165, 1.54) is 19.3 Å². The summed E-state index contributed by atoms with van der Waals surface area (Å²) in [5, 5.41) is 9.60. The fraction of sp³-hybridized carbons (Fsp3) is 0.550. The van der Waals surface area contributed by atoms with Gasteiger partial charge in [-0.1, -0.05) is 12.1 Å². The lowest BCUT2D eigenvalue weighted by molar-refractivity contribution is -0.136. The smallest absolute Gasteiger partial charge is 0.255 e. The highest BCUT2D eigenvalue weighted by Gasteiger charge is 2.44. The van der Waals surface area contributed by atoms with Crippen LogP contribution in [0.15, 0.2) is 18.2 Å². The van der Waals surface area contributed by atoms with Gasteiger partial charge in [0.05, 0.1) is 0 Å². The molecule has 2 bridgehead atoms. The van der Waals surface area contributed by atoms with Crippen molar-refractivity contribution in [2.45, 2.75) is 62.8 Å². The quantitative estimate of drug-likeness (QED) is 0.671. The maximum Gasteiger partial charge on any atom is 0.255 e. The molecule has 0 radical (unpaired) electrons. The van der Waals surface area contributed by atoms with Gasteiger partial charge in [0, 0.05) is 43.2 Å². The van der Waals surface area contributed by atoms with E-state index < -0.39 is 6.04 Å². The van der Waals surface area contributed by atoms with E-state index in [-0.39, 0.29) is 29.7 Å². The summed E-state index contributed by atoms with van der Waals surface area (Å²) < 4.78 is 0. The molecule has 3 fully saturated rings. The minimum Gasteiger partial charge on any atom is -0.322 e. The molecule has 0 aromatic heterocycles. The Balaban J connectivity index is 1.29. The van der Waals surface area contributed by atoms with Crippen LogP contribution in [0.3, 0.4) is 0 Å². The molecule has 2 saturated heterocycles. The second-order valence-corrected chi connectivity index (χ2v) is 8.35. The molecule has 0 spiro atoms. The molecule has 3 heterocycles. The summed E-state index contributed by atoms with van der Waals surface area (Å²) in [5.41, 5.74) is 2.93. The van der Waals surface area contributed by atoms with Crippen LogP contribution in [0.2, 0.25) is 0 Å². The monoisotopic (exact) mass is 368 g/mol. The van der Waals surface area contributed by atoms with Crippen LogP contribution in [0.5, 0.6) is 0 Å². The Kier molecular flexibility index (Phi) is 3.84. The molecule has 3 N–H and O–H groups in total. The summed E-state index contributed by atoms with van der Waals surface area (Å²) in [5.74, 6) is -0.732. The molecular weight excluding hydrogens is 344 g/mol. The Morgan fingerprint density at radius 3 is 2.81 bits per heavy atom. The number of carbonyl (C=O) groups is 3. The molecule has 3 aliphatic heterocycles. The maximum atomic E-state index is 12.9. The van der Waals surface area contributed by atoms with Crippen LogP contribution >= 0.6 is 0 Å². The van der Waals surface area contributed by atoms with Crippen LogP contribution in [-0.4, -0.2) is 46.8 Å². The zero-order valence-corrected chi connectivity index (χ0v) is 15.2. The van der Waals surface area contributed by atoms with E-state index in [0.29, 0.717) is 24.6 Å². The number of benzene rings is 1. The number of nitrogens with one attached hydrogen (secondary N) is 3. The van der Waals surface area contributed by atoms with Crippen LogP contribution in [0.4, 0.5) is 0 Å². The number of amides is 3. The highest BCUT2D eigenvalue weighted by Crippen LogP contribution is 2.35. The van der Waals surface area contributed by atoms with Gasteiger partial charge >= 0.3 is 0 Å². The summed E-state index contributed by atoms with van der Waals surface area (Å²) >= 11 is 0. The van der Waals surface area contributed by atoms with Gasteiger partial charge in [0.25, 0.3) is 5.91 Å². The van der Waals surface area contributed by atoms with Crippen LogP contribution < -0.4 is 16.0 Å². The summed E-state index contributed by atoms with van der Waals surface area (Å²) in [6.45, 7) is 2.20. The molecule has 1 aromatic rings. The first kappa shape index (κ1) is 16.9. The molecule has 1 aliphatic carbocycles. The fourth-order valence-electron chi connectivity index (χ4n) is 5.03. The van der Waals surface area contributed by atoms with E-state index in [1.54, 1.807) is 4.90 Å². The number of hydrogen-bond donors (Lipinski definition) is 3. The van der Waals surface area contributed by atoms with Crippen molar-refractivity contribution in [1.82, 2.24) is 20.9 Å². The lowest BCUT2D eigenvalue weighted by atomic mass is 9.98. The molecule has 142 valence electrons. The van der Waals surface area contributed by atoms with Crippen molar-refractivity contribution in [1.29, 1.82) is 0 Å². The van der Waals surface area contributed by atoms with Crippen LogP contribution in [0.1, 0.15) is 53.6 Å².